The van der Waals surface area contributed by atoms with Gasteiger partial charge in [0.05, 0.1) is 34.5 Å². The number of halogens is 3. The number of fused-ring (bicyclic) bond motifs is 2. The SMILES string of the molecule is CN=S(=O)(NC1CN(c2ccncn2)CC(N2c3ccccc3Oc3ccccc32)C1O)c1ccc(OC(F)(F)F)cc1. The Hall–Kier alpha value is -4.40. The van der Waals surface area contributed by atoms with Crippen molar-refractivity contribution in [2.24, 2.45) is 4.36 Å². The third-order valence-electron chi connectivity index (χ3n) is 7.27. The third kappa shape index (κ3) is 5.81. The van der Waals surface area contributed by atoms with Gasteiger partial charge < -0.3 is 24.4 Å². The van der Waals surface area contributed by atoms with E-state index in [-0.39, 0.29) is 11.4 Å². The molecule has 1 saturated heterocycles. The van der Waals surface area contributed by atoms with Crippen LogP contribution >= 0.6 is 0 Å². The molecule has 0 bridgehead atoms. The van der Waals surface area contributed by atoms with E-state index in [1.54, 1.807) is 12.3 Å². The van der Waals surface area contributed by atoms with Gasteiger partial charge in [0.2, 0.25) is 0 Å². The van der Waals surface area contributed by atoms with Crippen molar-refractivity contribution in [3.05, 3.63) is 91.4 Å². The molecule has 224 valence electrons. The topological polar surface area (TPSA) is 112 Å². The van der Waals surface area contributed by atoms with Crippen LogP contribution in [0.5, 0.6) is 17.2 Å². The summed E-state index contributed by atoms with van der Waals surface area (Å²) >= 11 is 0. The predicted octanol–water partition coefficient (Wildman–Crippen LogP) is 4.90. The molecule has 10 nitrogen and oxygen atoms in total. The van der Waals surface area contributed by atoms with Crippen molar-refractivity contribution in [1.29, 1.82) is 0 Å². The van der Waals surface area contributed by atoms with Crippen LogP contribution in [0, 0.1) is 0 Å². The van der Waals surface area contributed by atoms with Crippen molar-refractivity contribution in [1.82, 2.24) is 14.7 Å². The molecule has 4 atom stereocenters. The lowest BCUT2D eigenvalue weighted by molar-refractivity contribution is -0.274. The predicted molar refractivity (Wildman–Crippen MR) is 154 cm³/mol. The van der Waals surface area contributed by atoms with E-state index < -0.39 is 40.2 Å². The maximum atomic E-state index is 14.2. The molecule has 0 amide bonds. The van der Waals surface area contributed by atoms with Gasteiger partial charge in [0, 0.05) is 26.3 Å². The summed E-state index contributed by atoms with van der Waals surface area (Å²) in [6, 6.07) is 20.0. The molecule has 2 aliphatic heterocycles. The van der Waals surface area contributed by atoms with Gasteiger partial charge in [-0.1, -0.05) is 24.3 Å². The molecule has 1 fully saturated rings. The summed E-state index contributed by atoms with van der Waals surface area (Å²) < 4.78 is 69.4. The van der Waals surface area contributed by atoms with Crippen molar-refractivity contribution >= 4 is 27.1 Å². The maximum Gasteiger partial charge on any atom is 0.573 e. The Labute approximate surface area is 246 Å². The molecule has 4 aromatic rings. The second kappa shape index (κ2) is 11.4. The first-order valence-electron chi connectivity index (χ1n) is 13.3. The zero-order valence-electron chi connectivity index (χ0n) is 22.8. The largest absolute Gasteiger partial charge is 0.573 e. The highest BCUT2D eigenvalue weighted by Gasteiger charge is 2.44. The molecule has 0 saturated carbocycles. The number of rotatable bonds is 6. The molecule has 2 N–H and O–H groups in total. The Kier molecular flexibility index (Phi) is 7.58. The van der Waals surface area contributed by atoms with Gasteiger partial charge in [-0.15, -0.1) is 13.2 Å². The molecule has 3 aromatic carbocycles. The van der Waals surface area contributed by atoms with Crippen molar-refractivity contribution in [3.63, 3.8) is 0 Å². The third-order valence-corrected chi connectivity index (χ3v) is 9.32. The van der Waals surface area contributed by atoms with Crippen LogP contribution in [0.25, 0.3) is 0 Å². The highest BCUT2D eigenvalue weighted by molar-refractivity contribution is 7.91. The van der Waals surface area contributed by atoms with E-state index in [2.05, 4.69) is 23.8 Å². The fourth-order valence-electron chi connectivity index (χ4n) is 5.37. The van der Waals surface area contributed by atoms with Gasteiger partial charge >= 0.3 is 6.36 Å². The summed E-state index contributed by atoms with van der Waals surface area (Å²) in [5.41, 5.74) is 1.49. The Morgan fingerprint density at radius 1 is 1.00 bits per heavy atom. The van der Waals surface area contributed by atoms with E-state index in [9.17, 15) is 22.5 Å². The molecule has 0 spiro atoms. The smallest absolute Gasteiger partial charge is 0.453 e. The summed E-state index contributed by atoms with van der Waals surface area (Å²) in [6.45, 7) is 0.539. The van der Waals surface area contributed by atoms with Crippen molar-refractivity contribution in [3.8, 4) is 17.2 Å². The number of nitrogens with zero attached hydrogens (tertiary/aromatic N) is 5. The summed E-state index contributed by atoms with van der Waals surface area (Å²) in [5, 5.41) is 12.0. The van der Waals surface area contributed by atoms with Gasteiger partial charge in [0.15, 0.2) is 11.5 Å². The standard InChI is InChI=1S/C29H27F3N6O4S/c1-33-43(40,20-12-10-19(11-13-20)42-29(30,31)32)36-21-16-37(27-14-15-34-18-35-27)17-24(28(21)39)38-22-6-2-4-8-25(22)41-26-9-5-3-7-23(26)38/h2-15,18,21,24,28,39H,16-17H2,1H3,(H,33,36,40). The van der Waals surface area contributed by atoms with Crippen LogP contribution in [0.2, 0.25) is 0 Å². The van der Waals surface area contributed by atoms with E-state index in [1.165, 1.54) is 25.5 Å². The Balaban J connectivity index is 1.38. The molecular weight excluding hydrogens is 585 g/mol. The number of hydrogen-bond donors (Lipinski definition) is 2. The highest BCUT2D eigenvalue weighted by Crippen LogP contribution is 2.48. The van der Waals surface area contributed by atoms with Gasteiger partial charge in [-0.2, -0.15) is 0 Å². The zero-order chi connectivity index (χ0) is 30.2. The normalized spacial score (nSPS) is 21.2. The number of aliphatic hydroxyl groups excluding tert-OH is 1. The van der Waals surface area contributed by atoms with E-state index in [0.717, 1.165) is 23.5 Å². The number of anilines is 3. The van der Waals surface area contributed by atoms with Crippen LogP contribution in [0.3, 0.4) is 0 Å². The molecule has 0 aliphatic carbocycles. The molecule has 2 aliphatic rings. The van der Waals surface area contributed by atoms with Gasteiger partial charge in [0.25, 0.3) is 0 Å². The number of alkyl halides is 3. The lowest BCUT2D eigenvalue weighted by atomic mass is 9.94. The number of piperidine rings is 1. The average molecular weight is 613 g/mol. The summed E-state index contributed by atoms with van der Waals surface area (Å²) in [6.07, 6.45) is -2.92. The number of para-hydroxylation sites is 4. The van der Waals surface area contributed by atoms with Crippen LogP contribution in [-0.2, 0) is 9.92 Å². The van der Waals surface area contributed by atoms with E-state index >= 15 is 0 Å². The van der Waals surface area contributed by atoms with E-state index in [4.69, 9.17) is 4.74 Å². The molecule has 4 unspecified atom stereocenters. The monoisotopic (exact) mass is 612 g/mol. The number of hydrogen-bond acceptors (Lipinski definition) is 9. The molecule has 43 heavy (non-hydrogen) atoms. The minimum atomic E-state index is -4.86. The fourth-order valence-corrected chi connectivity index (χ4v) is 6.95. The van der Waals surface area contributed by atoms with Crippen LogP contribution in [0.4, 0.5) is 30.4 Å². The number of nitrogens with one attached hydrogen (secondary N) is 1. The number of aliphatic hydroxyl groups is 1. The Morgan fingerprint density at radius 3 is 2.23 bits per heavy atom. The number of benzene rings is 3. The quantitative estimate of drug-likeness (QED) is 0.316. The number of ether oxygens (including phenoxy) is 2. The molecule has 1 aromatic heterocycles. The Morgan fingerprint density at radius 2 is 1.65 bits per heavy atom. The minimum Gasteiger partial charge on any atom is -0.453 e. The number of aromatic nitrogens is 2. The lowest BCUT2D eigenvalue weighted by Crippen LogP contribution is -2.65. The first-order valence-corrected chi connectivity index (χ1v) is 14.8. The van der Waals surface area contributed by atoms with Crippen molar-refractivity contribution < 1.29 is 32.0 Å². The highest BCUT2D eigenvalue weighted by atomic mass is 32.2. The van der Waals surface area contributed by atoms with Crippen molar-refractivity contribution in [2.75, 3.05) is 29.9 Å². The minimum absolute atomic E-state index is 0.134. The van der Waals surface area contributed by atoms with Crippen molar-refractivity contribution in [2.45, 2.75) is 29.4 Å². The molecule has 3 heterocycles. The summed E-state index contributed by atoms with van der Waals surface area (Å²) in [7, 11) is -2.06. The van der Waals surface area contributed by atoms with Gasteiger partial charge in [-0.3, -0.25) is 0 Å². The first-order chi connectivity index (χ1) is 20.6. The summed E-state index contributed by atoms with van der Waals surface area (Å²) in [4.78, 5) is 12.5. The van der Waals surface area contributed by atoms with Gasteiger partial charge in [0.1, 0.15) is 27.8 Å². The van der Waals surface area contributed by atoms with E-state index in [0.29, 0.717) is 23.9 Å². The van der Waals surface area contributed by atoms with Crippen LogP contribution in [0.15, 0.2) is 101 Å². The second-order valence-corrected chi connectivity index (χ2v) is 12.0. The Bertz CT molecular complexity index is 1670. The zero-order valence-corrected chi connectivity index (χ0v) is 23.6. The van der Waals surface area contributed by atoms with Crippen LogP contribution in [-0.4, -0.2) is 64.0 Å². The molecule has 0 radical (unpaired) electrons. The van der Waals surface area contributed by atoms with Crippen LogP contribution in [0.1, 0.15) is 0 Å². The lowest BCUT2D eigenvalue weighted by Gasteiger charge is -2.48. The maximum absolute atomic E-state index is 14.2. The van der Waals surface area contributed by atoms with Crippen LogP contribution < -0.4 is 24.0 Å². The van der Waals surface area contributed by atoms with Gasteiger partial charge in [-0.05, 0) is 54.6 Å². The summed E-state index contributed by atoms with van der Waals surface area (Å²) in [5.74, 6) is 1.38. The van der Waals surface area contributed by atoms with E-state index in [1.807, 2.05) is 58.3 Å². The average Bonchev–Trinajstić information content (AvgIpc) is 3.01. The fraction of sp³-hybridized carbons (Fsp3) is 0.241. The molecule has 6 rings (SSSR count). The molecule has 14 heteroatoms. The molecular formula is C29H27F3N6O4S. The first kappa shape index (κ1) is 28.7. The second-order valence-electron chi connectivity index (χ2n) is 9.89. The van der Waals surface area contributed by atoms with Gasteiger partial charge in [-0.25, -0.2) is 23.3 Å².